The topological polar surface area (TPSA) is 39.9 Å². The van der Waals surface area contributed by atoms with Crippen LogP contribution >= 0.6 is 11.8 Å². The van der Waals surface area contributed by atoms with Gasteiger partial charge in [-0.3, -0.25) is 0 Å². The Bertz CT molecular complexity index is 550. The monoisotopic (exact) mass is 289 g/mol. The van der Waals surface area contributed by atoms with Crippen LogP contribution in [0, 0.1) is 0 Å². The van der Waals surface area contributed by atoms with Gasteiger partial charge in [0.1, 0.15) is 0 Å². The van der Waals surface area contributed by atoms with E-state index in [9.17, 15) is 0 Å². The molecular weight excluding hydrogens is 270 g/mol. The molecule has 1 fully saturated rings. The number of nitrogens with zero attached hydrogens (tertiary/aromatic N) is 3. The second-order valence-corrected chi connectivity index (χ2v) is 6.02. The van der Waals surface area contributed by atoms with Crippen molar-refractivity contribution in [1.29, 1.82) is 0 Å². The number of hydrogen-bond acceptors (Lipinski definition) is 4. The first-order valence-electron chi connectivity index (χ1n) is 7.04. The Balaban J connectivity index is 1.67. The molecule has 1 aromatic heterocycles. The number of hydrogen-bond donors (Lipinski definition) is 0. The standard InChI is InChI=1S/C15H19N3OS/c1-18-14(12-7-3-2-4-8-12)16-17-15(18)20-11-13-9-5-6-10-19-13/h2-4,7-8,13H,5-6,9-11H2,1H3/t13-/m0/s1. The predicted molar refractivity (Wildman–Crippen MR) is 80.8 cm³/mol. The molecule has 3 rings (SSSR count). The van der Waals surface area contributed by atoms with E-state index in [0.29, 0.717) is 6.10 Å². The summed E-state index contributed by atoms with van der Waals surface area (Å²) in [5.74, 6) is 1.87. The molecule has 2 aromatic rings. The molecule has 1 aromatic carbocycles. The third-order valence-electron chi connectivity index (χ3n) is 3.54. The normalized spacial score (nSPS) is 19.1. The Morgan fingerprint density at radius 3 is 2.85 bits per heavy atom. The highest BCUT2D eigenvalue weighted by Gasteiger charge is 2.17. The second-order valence-electron chi connectivity index (χ2n) is 5.03. The highest BCUT2D eigenvalue weighted by Crippen LogP contribution is 2.25. The zero-order chi connectivity index (χ0) is 13.8. The van der Waals surface area contributed by atoms with Gasteiger partial charge in [-0.25, -0.2) is 0 Å². The highest BCUT2D eigenvalue weighted by atomic mass is 32.2. The minimum absolute atomic E-state index is 0.366. The summed E-state index contributed by atoms with van der Waals surface area (Å²) in [6.07, 6.45) is 4.00. The molecule has 1 aliphatic heterocycles. The lowest BCUT2D eigenvalue weighted by atomic mass is 10.1. The number of benzene rings is 1. The zero-order valence-electron chi connectivity index (χ0n) is 11.7. The maximum atomic E-state index is 5.75. The van der Waals surface area contributed by atoms with Crippen LogP contribution in [0.4, 0.5) is 0 Å². The molecule has 0 radical (unpaired) electrons. The number of rotatable bonds is 4. The fourth-order valence-electron chi connectivity index (χ4n) is 2.39. The number of ether oxygens (including phenoxy) is 1. The summed E-state index contributed by atoms with van der Waals surface area (Å²) in [7, 11) is 2.02. The molecule has 5 heteroatoms. The summed E-state index contributed by atoms with van der Waals surface area (Å²) in [5.41, 5.74) is 1.10. The van der Waals surface area contributed by atoms with E-state index in [1.807, 2.05) is 25.2 Å². The van der Waals surface area contributed by atoms with Gasteiger partial charge in [0.2, 0.25) is 0 Å². The van der Waals surface area contributed by atoms with Crippen molar-refractivity contribution < 1.29 is 4.74 Å². The summed E-state index contributed by atoms with van der Waals surface area (Å²) in [6, 6.07) is 10.2. The van der Waals surface area contributed by atoms with E-state index in [1.165, 1.54) is 12.8 Å². The lowest BCUT2D eigenvalue weighted by Gasteiger charge is -2.21. The Kier molecular flexibility index (Phi) is 4.38. The van der Waals surface area contributed by atoms with E-state index < -0.39 is 0 Å². The maximum absolute atomic E-state index is 5.75. The van der Waals surface area contributed by atoms with Gasteiger partial charge >= 0.3 is 0 Å². The van der Waals surface area contributed by atoms with Crippen LogP contribution in [0.2, 0.25) is 0 Å². The van der Waals surface area contributed by atoms with E-state index >= 15 is 0 Å². The second kappa shape index (κ2) is 6.41. The van der Waals surface area contributed by atoms with Crippen molar-refractivity contribution in [3.63, 3.8) is 0 Å². The summed E-state index contributed by atoms with van der Waals surface area (Å²) in [6.45, 7) is 0.902. The largest absolute Gasteiger partial charge is 0.377 e. The molecule has 1 aliphatic rings. The molecule has 0 bridgehead atoms. The molecule has 0 spiro atoms. The van der Waals surface area contributed by atoms with Gasteiger partial charge in [-0.2, -0.15) is 0 Å². The molecule has 0 amide bonds. The lowest BCUT2D eigenvalue weighted by molar-refractivity contribution is 0.0315. The van der Waals surface area contributed by atoms with Gasteiger partial charge in [-0.05, 0) is 19.3 Å². The van der Waals surface area contributed by atoms with Crippen LogP contribution < -0.4 is 0 Å². The summed E-state index contributed by atoms with van der Waals surface area (Å²) < 4.78 is 7.81. The minimum Gasteiger partial charge on any atom is -0.377 e. The molecule has 0 unspecified atom stereocenters. The molecular formula is C15H19N3OS. The van der Waals surface area contributed by atoms with Crippen molar-refractivity contribution >= 4 is 11.8 Å². The van der Waals surface area contributed by atoms with E-state index in [0.717, 1.165) is 35.3 Å². The molecule has 0 saturated carbocycles. The first-order valence-corrected chi connectivity index (χ1v) is 8.02. The number of thioether (sulfide) groups is 1. The average Bonchev–Trinajstić information content (AvgIpc) is 2.88. The van der Waals surface area contributed by atoms with Gasteiger partial charge < -0.3 is 9.30 Å². The SMILES string of the molecule is Cn1c(SC[C@@H]2CCCCO2)nnc1-c1ccccc1. The van der Waals surface area contributed by atoms with Crippen LogP contribution in [0.5, 0.6) is 0 Å². The van der Waals surface area contributed by atoms with Gasteiger partial charge in [-0.15, -0.1) is 10.2 Å². The van der Waals surface area contributed by atoms with Gasteiger partial charge in [0.05, 0.1) is 6.10 Å². The summed E-state index contributed by atoms with van der Waals surface area (Å²) in [5, 5.41) is 9.55. The fraction of sp³-hybridized carbons (Fsp3) is 0.467. The Labute approximate surface area is 123 Å². The zero-order valence-corrected chi connectivity index (χ0v) is 12.5. The molecule has 1 saturated heterocycles. The molecule has 0 N–H and O–H groups in total. The average molecular weight is 289 g/mol. The van der Waals surface area contributed by atoms with Crippen molar-refractivity contribution in [2.75, 3.05) is 12.4 Å². The van der Waals surface area contributed by atoms with Crippen LogP contribution in [-0.2, 0) is 11.8 Å². The molecule has 0 aliphatic carbocycles. The van der Waals surface area contributed by atoms with Crippen LogP contribution in [0.15, 0.2) is 35.5 Å². The van der Waals surface area contributed by atoms with Crippen molar-refractivity contribution in [3.8, 4) is 11.4 Å². The smallest absolute Gasteiger partial charge is 0.191 e. The third kappa shape index (κ3) is 3.04. The van der Waals surface area contributed by atoms with Gasteiger partial charge in [0.25, 0.3) is 0 Å². The highest BCUT2D eigenvalue weighted by molar-refractivity contribution is 7.99. The lowest BCUT2D eigenvalue weighted by Crippen LogP contribution is -2.21. The van der Waals surface area contributed by atoms with Crippen molar-refractivity contribution in [2.24, 2.45) is 7.05 Å². The van der Waals surface area contributed by atoms with Crippen LogP contribution in [0.3, 0.4) is 0 Å². The minimum atomic E-state index is 0.366. The summed E-state index contributed by atoms with van der Waals surface area (Å²) >= 11 is 1.73. The molecule has 106 valence electrons. The first kappa shape index (κ1) is 13.6. The van der Waals surface area contributed by atoms with Gasteiger partial charge in [-0.1, -0.05) is 42.1 Å². The Morgan fingerprint density at radius 1 is 1.25 bits per heavy atom. The number of aromatic nitrogens is 3. The van der Waals surface area contributed by atoms with Gasteiger partial charge in [0, 0.05) is 25.0 Å². The third-order valence-corrected chi connectivity index (χ3v) is 4.69. The van der Waals surface area contributed by atoms with E-state index in [-0.39, 0.29) is 0 Å². The molecule has 4 nitrogen and oxygen atoms in total. The Morgan fingerprint density at radius 2 is 2.10 bits per heavy atom. The van der Waals surface area contributed by atoms with E-state index in [1.54, 1.807) is 11.8 Å². The van der Waals surface area contributed by atoms with E-state index in [2.05, 4.69) is 26.9 Å². The summed E-state index contributed by atoms with van der Waals surface area (Å²) in [4.78, 5) is 0. The molecule has 20 heavy (non-hydrogen) atoms. The maximum Gasteiger partial charge on any atom is 0.191 e. The van der Waals surface area contributed by atoms with Crippen molar-refractivity contribution in [1.82, 2.24) is 14.8 Å². The fourth-order valence-corrected chi connectivity index (χ4v) is 3.36. The first-order chi connectivity index (χ1) is 9.84. The predicted octanol–water partition coefficient (Wildman–Crippen LogP) is 3.14. The van der Waals surface area contributed by atoms with E-state index in [4.69, 9.17) is 4.74 Å². The van der Waals surface area contributed by atoms with Crippen LogP contribution in [0.1, 0.15) is 19.3 Å². The van der Waals surface area contributed by atoms with Crippen molar-refractivity contribution in [2.45, 2.75) is 30.5 Å². The Hall–Kier alpha value is -1.33. The molecule has 1 atom stereocenters. The van der Waals surface area contributed by atoms with Crippen molar-refractivity contribution in [3.05, 3.63) is 30.3 Å². The van der Waals surface area contributed by atoms with Crippen LogP contribution in [-0.4, -0.2) is 33.2 Å². The quantitative estimate of drug-likeness (QED) is 0.811. The van der Waals surface area contributed by atoms with Crippen LogP contribution in [0.25, 0.3) is 11.4 Å². The molecule has 2 heterocycles. The van der Waals surface area contributed by atoms with Gasteiger partial charge in [0.15, 0.2) is 11.0 Å².